The Morgan fingerprint density at radius 1 is 1.00 bits per heavy atom. The van der Waals surface area contributed by atoms with E-state index in [1.54, 1.807) is 6.07 Å². The van der Waals surface area contributed by atoms with Crippen molar-refractivity contribution >= 4 is 46.9 Å². The second-order valence-corrected chi connectivity index (χ2v) is 6.06. The Balaban J connectivity index is 1.99. The summed E-state index contributed by atoms with van der Waals surface area (Å²) in [4.78, 5) is 33.7. The van der Waals surface area contributed by atoms with Crippen LogP contribution in [0.3, 0.4) is 0 Å². The third kappa shape index (κ3) is 5.37. The van der Waals surface area contributed by atoms with Crippen molar-refractivity contribution in [2.45, 2.75) is 6.42 Å². The number of benzene rings is 2. The van der Waals surface area contributed by atoms with Crippen LogP contribution in [-0.2, 0) is 16.0 Å². The highest BCUT2D eigenvalue weighted by Crippen LogP contribution is 2.25. The Bertz CT molecular complexity index is 824. The molecule has 0 aromatic heterocycles. The van der Waals surface area contributed by atoms with Gasteiger partial charge in [-0.1, -0.05) is 35.3 Å². The molecule has 2 rings (SSSR count). The number of halogens is 2. The van der Waals surface area contributed by atoms with Crippen LogP contribution in [0.1, 0.15) is 5.56 Å². The predicted octanol–water partition coefficient (Wildman–Crippen LogP) is 3.93. The average molecular weight is 398 g/mol. The number of hydrogen-bond acceptors (Lipinski definition) is 4. The van der Waals surface area contributed by atoms with Gasteiger partial charge in [-0.05, 0) is 42.3 Å². The van der Waals surface area contributed by atoms with E-state index >= 15 is 0 Å². The van der Waals surface area contributed by atoms with Crippen molar-refractivity contribution in [1.29, 1.82) is 0 Å². The van der Waals surface area contributed by atoms with Crippen LogP contribution in [0, 0.1) is 5.92 Å². The minimum Gasteiger partial charge on any atom is -0.481 e. The van der Waals surface area contributed by atoms with Crippen LogP contribution in [-0.4, -0.2) is 28.2 Å². The van der Waals surface area contributed by atoms with Crippen LogP contribution in [0.5, 0.6) is 5.75 Å². The van der Waals surface area contributed by atoms with Crippen molar-refractivity contribution in [3.63, 3.8) is 0 Å². The van der Waals surface area contributed by atoms with Gasteiger partial charge in [0.05, 0.1) is 10.7 Å². The molecule has 0 fully saturated rings. The number of carbonyl (C=O) groups is 3. The molecule has 0 saturated carbocycles. The van der Waals surface area contributed by atoms with E-state index in [-0.39, 0.29) is 17.2 Å². The standard InChI is InChI=1S/C17H13Cl2NO6/c18-10-3-6-14(13(19)8-10)20-17(25)26-11-4-1-9(2-5-11)7-12(15(21)22)16(23)24/h1-6,8,12H,7H2,(H,20,25)(H,21,22)(H,23,24). The third-order valence-electron chi connectivity index (χ3n) is 3.34. The van der Waals surface area contributed by atoms with E-state index in [4.69, 9.17) is 38.2 Å². The normalized spacial score (nSPS) is 10.4. The van der Waals surface area contributed by atoms with Crippen molar-refractivity contribution in [3.8, 4) is 5.75 Å². The number of hydrogen-bond donors (Lipinski definition) is 3. The zero-order valence-corrected chi connectivity index (χ0v) is 14.6. The number of anilines is 1. The molecule has 26 heavy (non-hydrogen) atoms. The molecule has 1 amide bonds. The van der Waals surface area contributed by atoms with Gasteiger partial charge in [-0.2, -0.15) is 0 Å². The second kappa shape index (κ2) is 8.55. The van der Waals surface area contributed by atoms with E-state index in [9.17, 15) is 14.4 Å². The number of carbonyl (C=O) groups excluding carboxylic acids is 1. The molecule has 0 aliphatic carbocycles. The van der Waals surface area contributed by atoms with E-state index in [0.29, 0.717) is 16.3 Å². The summed E-state index contributed by atoms with van der Waals surface area (Å²) in [6.07, 6.45) is -0.965. The molecule has 136 valence electrons. The molecule has 9 heteroatoms. The first-order valence-corrected chi connectivity index (χ1v) is 8.00. The summed E-state index contributed by atoms with van der Waals surface area (Å²) in [5.74, 6) is -4.19. The maximum absolute atomic E-state index is 11.9. The number of rotatable bonds is 6. The Morgan fingerprint density at radius 3 is 2.15 bits per heavy atom. The van der Waals surface area contributed by atoms with Crippen molar-refractivity contribution in [1.82, 2.24) is 0 Å². The van der Waals surface area contributed by atoms with Crippen LogP contribution in [0.4, 0.5) is 10.5 Å². The highest BCUT2D eigenvalue weighted by Gasteiger charge is 2.25. The third-order valence-corrected chi connectivity index (χ3v) is 3.89. The minimum atomic E-state index is -1.54. The molecule has 0 aliphatic heterocycles. The van der Waals surface area contributed by atoms with Crippen LogP contribution in [0.2, 0.25) is 10.0 Å². The smallest absolute Gasteiger partial charge is 0.417 e. The van der Waals surface area contributed by atoms with Crippen LogP contribution < -0.4 is 10.1 Å². The number of ether oxygens (including phenoxy) is 1. The number of aliphatic carboxylic acids is 2. The summed E-state index contributed by atoms with van der Waals surface area (Å²) in [5.41, 5.74) is 0.803. The first-order chi connectivity index (χ1) is 12.3. The van der Waals surface area contributed by atoms with Crippen molar-refractivity contribution in [2.24, 2.45) is 5.92 Å². The maximum Gasteiger partial charge on any atom is 0.417 e. The SMILES string of the molecule is O=C(Nc1ccc(Cl)cc1Cl)Oc1ccc(CC(C(=O)O)C(=O)O)cc1. The molecule has 0 saturated heterocycles. The van der Waals surface area contributed by atoms with Gasteiger partial charge >= 0.3 is 18.0 Å². The second-order valence-electron chi connectivity index (χ2n) is 5.22. The molecular formula is C17H13Cl2NO6. The molecule has 0 radical (unpaired) electrons. The number of carboxylic acid groups (broad SMARTS) is 2. The molecule has 0 unspecified atom stereocenters. The minimum absolute atomic E-state index is 0.183. The number of carboxylic acids is 2. The Morgan fingerprint density at radius 2 is 1.62 bits per heavy atom. The largest absolute Gasteiger partial charge is 0.481 e. The molecule has 0 atom stereocenters. The fraction of sp³-hybridized carbons (Fsp3) is 0.118. The van der Waals surface area contributed by atoms with Gasteiger partial charge in [0.15, 0.2) is 5.92 Å². The molecule has 7 nitrogen and oxygen atoms in total. The summed E-state index contributed by atoms with van der Waals surface area (Å²) in [6.45, 7) is 0. The fourth-order valence-electron chi connectivity index (χ4n) is 2.04. The molecular weight excluding hydrogens is 385 g/mol. The van der Waals surface area contributed by atoms with Gasteiger partial charge in [-0.15, -0.1) is 0 Å². The molecule has 0 spiro atoms. The van der Waals surface area contributed by atoms with E-state index in [0.717, 1.165) is 0 Å². The Hall–Kier alpha value is -2.77. The van der Waals surface area contributed by atoms with Gasteiger partial charge in [0.1, 0.15) is 5.75 Å². The quantitative estimate of drug-likeness (QED) is 0.636. The monoisotopic (exact) mass is 397 g/mol. The first kappa shape index (κ1) is 19.6. The lowest BCUT2D eigenvalue weighted by molar-refractivity contribution is -0.154. The van der Waals surface area contributed by atoms with E-state index < -0.39 is 23.9 Å². The molecule has 2 aromatic rings. The molecule has 0 bridgehead atoms. The number of amides is 1. The van der Waals surface area contributed by atoms with Gasteiger partial charge in [-0.3, -0.25) is 14.9 Å². The zero-order chi connectivity index (χ0) is 19.3. The maximum atomic E-state index is 11.9. The van der Waals surface area contributed by atoms with Gasteiger partial charge < -0.3 is 14.9 Å². The lowest BCUT2D eigenvalue weighted by Crippen LogP contribution is -2.25. The zero-order valence-electron chi connectivity index (χ0n) is 13.1. The molecule has 2 aromatic carbocycles. The van der Waals surface area contributed by atoms with Crippen molar-refractivity contribution < 1.29 is 29.3 Å². The van der Waals surface area contributed by atoms with Gasteiger partial charge in [0.25, 0.3) is 0 Å². The van der Waals surface area contributed by atoms with E-state index in [1.807, 2.05) is 0 Å². The summed E-state index contributed by atoms with van der Waals surface area (Å²) in [6, 6.07) is 10.4. The van der Waals surface area contributed by atoms with Crippen LogP contribution in [0.25, 0.3) is 0 Å². The summed E-state index contributed by atoms with van der Waals surface area (Å²) in [7, 11) is 0. The van der Waals surface area contributed by atoms with Gasteiger partial charge in [-0.25, -0.2) is 4.79 Å². The molecule has 0 heterocycles. The lowest BCUT2D eigenvalue weighted by Gasteiger charge is -2.10. The molecule has 0 aliphatic rings. The van der Waals surface area contributed by atoms with Crippen molar-refractivity contribution in [3.05, 3.63) is 58.1 Å². The van der Waals surface area contributed by atoms with E-state index in [1.165, 1.54) is 36.4 Å². The van der Waals surface area contributed by atoms with Gasteiger partial charge in [0.2, 0.25) is 0 Å². The predicted molar refractivity (Wildman–Crippen MR) is 95.0 cm³/mol. The van der Waals surface area contributed by atoms with E-state index in [2.05, 4.69) is 5.32 Å². The average Bonchev–Trinajstić information content (AvgIpc) is 2.56. The summed E-state index contributed by atoms with van der Waals surface area (Å²) < 4.78 is 5.08. The lowest BCUT2D eigenvalue weighted by atomic mass is 10.00. The molecule has 3 N–H and O–H groups in total. The fourth-order valence-corrected chi connectivity index (χ4v) is 2.50. The Kier molecular flexibility index (Phi) is 6.43. The van der Waals surface area contributed by atoms with Crippen LogP contribution >= 0.6 is 23.2 Å². The highest BCUT2D eigenvalue weighted by molar-refractivity contribution is 6.36. The topological polar surface area (TPSA) is 113 Å². The van der Waals surface area contributed by atoms with Crippen molar-refractivity contribution in [2.75, 3.05) is 5.32 Å². The summed E-state index contributed by atoms with van der Waals surface area (Å²) in [5, 5.41) is 20.9. The highest BCUT2D eigenvalue weighted by atomic mass is 35.5. The first-order valence-electron chi connectivity index (χ1n) is 7.24. The number of nitrogens with one attached hydrogen (secondary N) is 1. The summed E-state index contributed by atoms with van der Waals surface area (Å²) >= 11 is 11.7. The van der Waals surface area contributed by atoms with Crippen LogP contribution in [0.15, 0.2) is 42.5 Å². The van der Waals surface area contributed by atoms with Gasteiger partial charge in [0, 0.05) is 5.02 Å². The Labute approximate surface area is 158 Å².